The number of carbonyl (C=O) groups excluding carboxylic acids is 1. The summed E-state index contributed by atoms with van der Waals surface area (Å²) >= 11 is 0. The molecule has 0 radical (unpaired) electrons. The monoisotopic (exact) mass is 217 g/mol. The fourth-order valence-corrected chi connectivity index (χ4v) is 0.953. The van der Waals surface area contributed by atoms with Gasteiger partial charge in [-0.3, -0.25) is 9.89 Å². The molecular weight excluding hydrogens is 202 g/mol. The number of nitrogens with zero attached hydrogens (tertiary/aromatic N) is 1. The third kappa shape index (κ3) is 2.82. The van der Waals surface area contributed by atoms with E-state index in [1.165, 1.54) is 0 Å². The predicted molar refractivity (Wildman–Crippen MR) is 57.9 cm³/mol. The van der Waals surface area contributed by atoms with Crippen LogP contribution in [0.25, 0.3) is 0 Å². The molecule has 4 nitrogen and oxygen atoms in total. The quantitative estimate of drug-likeness (QED) is 0.733. The predicted octanol–water partition coefficient (Wildman–Crippen LogP) is 1.27. The molecule has 5 heteroatoms. The van der Waals surface area contributed by atoms with Gasteiger partial charge in [0, 0.05) is 11.1 Å². The van der Waals surface area contributed by atoms with Gasteiger partial charge in [0.05, 0.1) is 6.54 Å². The Morgan fingerprint density at radius 2 is 2.14 bits per heavy atom. The van der Waals surface area contributed by atoms with Gasteiger partial charge in [-0.25, -0.2) is 0 Å². The minimum absolute atomic E-state index is 0. The molecule has 0 amide bonds. The molecule has 0 atom stereocenters. The Morgan fingerprint density at radius 1 is 1.57 bits per heavy atom. The first kappa shape index (κ1) is 13.1. The van der Waals surface area contributed by atoms with Crippen LogP contribution in [0.2, 0.25) is 0 Å². The summed E-state index contributed by atoms with van der Waals surface area (Å²) in [5.74, 6) is -0.133. The van der Waals surface area contributed by atoms with Crippen LogP contribution in [0.5, 0.6) is 0 Å². The van der Waals surface area contributed by atoms with E-state index in [1.807, 2.05) is 0 Å². The molecule has 0 spiro atoms. The first-order valence-corrected chi connectivity index (χ1v) is 4.24. The van der Waals surface area contributed by atoms with Crippen molar-refractivity contribution in [1.29, 1.82) is 0 Å². The summed E-state index contributed by atoms with van der Waals surface area (Å²) in [7, 11) is 0. The molecular formula is C9H16ClN3O. The Bertz CT molecular complexity index is 314. The smallest absolute Gasteiger partial charge is 0.196 e. The number of aromatic amines is 1. The second kappa shape index (κ2) is 4.57. The summed E-state index contributed by atoms with van der Waals surface area (Å²) in [4.78, 5) is 11.1. The molecule has 0 bridgehead atoms. The van der Waals surface area contributed by atoms with Gasteiger partial charge in [-0.2, -0.15) is 5.10 Å². The molecule has 0 aliphatic rings. The Hall–Kier alpha value is -0.870. The minimum Gasteiger partial charge on any atom is -0.324 e. The van der Waals surface area contributed by atoms with E-state index in [0.29, 0.717) is 5.69 Å². The van der Waals surface area contributed by atoms with Crippen LogP contribution in [0, 0.1) is 0 Å². The summed E-state index contributed by atoms with van der Waals surface area (Å²) in [6.07, 6.45) is 0. The molecule has 0 unspecified atom stereocenters. The van der Waals surface area contributed by atoms with Crippen LogP contribution in [0.3, 0.4) is 0 Å². The molecule has 14 heavy (non-hydrogen) atoms. The maximum Gasteiger partial charge on any atom is 0.196 e. The van der Waals surface area contributed by atoms with Crippen molar-refractivity contribution in [2.45, 2.75) is 26.2 Å². The first-order chi connectivity index (χ1) is 5.95. The lowest BCUT2D eigenvalue weighted by molar-refractivity contribution is 0.0996. The molecule has 3 N–H and O–H groups in total. The van der Waals surface area contributed by atoms with E-state index in [2.05, 4.69) is 31.0 Å². The number of nitrogens with two attached hydrogens (primary N) is 1. The highest BCUT2D eigenvalue weighted by molar-refractivity contribution is 5.95. The molecule has 0 aromatic carbocycles. The highest BCUT2D eigenvalue weighted by Crippen LogP contribution is 2.20. The Labute approximate surface area is 89.7 Å². The summed E-state index contributed by atoms with van der Waals surface area (Å²) in [6, 6.07) is 1.76. The second-order valence-corrected chi connectivity index (χ2v) is 4.04. The number of carbonyl (C=O) groups is 1. The van der Waals surface area contributed by atoms with E-state index in [4.69, 9.17) is 5.73 Å². The number of rotatable bonds is 2. The fraction of sp³-hybridized carbons (Fsp3) is 0.556. The van der Waals surface area contributed by atoms with Gasteiger partial charge in [0.15, 0.2) is 5.78 Å². The third-order valence-electron chi connectivity index (χ3n) is 1.86. The van der Waals surface area contributed by atoms with Crippen molar-refractivity contribution in [3.8, 4) is 0 Å². The Morgan fingerprint density at radius 3 is 2.50 bits per heavy atom. The van der Waals surface area contributed by atoms with Crippen LogP contribution in [-0.4, -0.2) is 22.5 Å². The van der Waals surface area contributed by atoms with Crippen LogP contribution in [0.15, 0.2) is 6.07 Å². The van der Waals surface area contributed by atoms with Crippen LogP contribution in [-0.2, 0) is 5.41 Å². The number of ketones is 1. The van der Waals surface area contributed by atoms with E-state index in [0.717, 1.165) is 5.69 Å². The third-order valence-corrected chi connectivity index (χ3v) is 1.86. The standard InChI is InChI=1S/C9H15N3O.ClH/c1-9(2,3)8-4-6(11-12-8)7(13)5-10;/h4H,5,10H2,1-3H3,(H,11,12);1H. The average Bonchev–Trinajstić information content (AvgIpc) is 2.50. The molecule has 1 heterocycles. The fourth-order valence-electron chi connectivity index (χ4n) is 0.953. The summed E-state index contributed by atoms with van der Waals surface area (Å²) in [5.41, 5.74) is 6.58. The maximum absolute atomic E-state index is 11.1. The summed E-state index contributed by atoms with van der Waals surface area (Å²) in [5, 5.41) is 6.73. The summed E-state index contributed by atoms with van der Waals surface area (Å²) < 4.78 is 0. The highest BCUT2D eigenvalue weighted by atomic mass is 35.5. The maximum atomic E-state index is 11.1. The van der Waals surface area contributed by atoms with Gasteiger partial charge in [0.2, 0.25) is 0 Å². The van der Waals surface area contributed by atoms with Crippen LogP contribution in [0.4, 0.5) is 0 Å². The molecule has 0 aliphatic heterocycles. The van der Waals surface area contributed by atoms with Crippen LogP contribution >= 0.6 is 12.4 Å². The largest absolute Gasteiger partial charge is 0.324 e. The SMILES string of the molecule is CC(C)(C)c1cc(C(=O)CN)n[nH]1.Cl. The van der Waals surface area contributed by atoms with Crippen LogP contribution in [0.1, 0.15) is 37.0 Å². The van der Waals surface area contributed by atoms with Gasteiger partial charge >= 0.3 is 0 Å². The van der Waals surface area contributed by atoms with Gasteiger partial charge in [0.25, 0.3) is 0 Å². The number of halogens is 1. The lowest BCUT2D eigenvalue weighted by Crippen LogP contribution is -2.14. The van der Waals surface area contributed by atoms with Crippen molar-refractivity contribution in [2.24, 2.45) is 5.73 Å². The van der Waals surface area contributed by atoms with Gasteiger partial charge in [0.1, 0.15) is 5.69 Å². The molecule has 1 aromatic rings. The first-order valence-electron chi connectivity index (χ1n) is 4.24. The van der Waals surface area contributed by atoms with Gasteiger partial charge in [-0.1, -0.05) is 20.8 Å². The van der Waals surface area contributed by atoms with E-state index >= 15 is 0 Å². The van der Waals surface area contributed by atoms with Gasteiger partial charge < -0.3 is 5.73 Å². The topological polar surface area (TPSA) is 71.8 Å². The zero-order valence-electron chi connectivity index (χ0n) is 8.63. The number of hydrogen-bond donors (Lipinski definition) is 2. The molecule has 0 saturated heterocycles. The Kier molecular flexibility index (Phi) is 4.29. The number of Topliss-reactive ketones (excluding diaryl/α,β-unsaturated/α-hetero) is 1. The van der Waals surface area contributed by atoms with Crippen molar-refractivity contribution < 1.29 is 4.79 Å². The highest BCUT2D eigenvalue weighted by Gasteiger charge is 2.18. The Balaban J connectivity index is 0.00000169. The van der Waals surface area contributed by atoms with E-state index in [-0.39, 0.29) is 30.2 Å². The van der Waals surface area contributed by atoms with Crippen LogP contribution < -0.4 is 5.73 Å². The van der Waals surface area contributed by atoms with Crippen molar-refractivity contribution in [2.75, 3.05) is 6.54 Å². The van der Waals surface area contributed by atoms with Gasteiger partial charge in [-0.15, -0.1) is 12.4 Å². The van der Waals surface area contributed by atoms with E-state index in [9.17, 15) is 4.79 Å². The summed E-state index contributed by atoms with van der Waals surface area (Å²) in [6.45, 7) is 6.17. The number of aromatic nitrogens is 2. The number of hydrogen-bond acceptors (Lipinski definition) is 3. The molecule has 80 valence electrons. The zero-order valence-corrected chi connectivity index (χ0v) is 9.44. The van der Waals surface area contributed by atoms with E-state index in [1.54, 1.807) is 6.07 Å². The molecule has 1 aromatic heterocycles. The number of H-pyrrole nitrogens is 1. The average molecular weight is 218 g/mol. The molecule has 0 aliphatic carbocycles. The minimum atomic E-state index is -0.133. The second-order valence-electron chi connectivity index (χ2n) is 4.04. The van der Waals surface area contributed by atoms with Crippen molar-refractivity contribution in [3.63, 3.8) is 0 Å². The van der Waals surface area contributed by atoms with E-state index < -0.39 is 0 Å². The van der Waals surface area contributed by atoms with Crippen molar-refractivity contribution in [3.05, 3.63) is 17.5 Å². The van der Waals surface area contributed by atoms with Gasteiger partial charge in [-0.05, 0) is 6.07 Å². The zero-order chi connectivity index (χ0) is 10.1. The van der Waals surface area contributed by atoms with Crippen molar-refractivity contribution in [1.82, 2.24) is 10.2 Å². The number of nitrogens with one attached hydrogen (secondary N) is 1. The van der Waals surface area contributed by atoms with Crippen molar-refractivity contribution >= 4 is 18.2 Å². The lowest BCUT2D eigenvalue weighted by atomic mass is 9.92. The lowest BCUT2D eigenvalue weighted by Gasteiger charge is -2.14. The molecule has 0 fully saturated rings. The normalized spacial score (nSPS) is 10.9. The molecule has 1 rings (SSSR count). The molecule has 0 saturated carbocycles.